The first kappa shape index (κ1) is 14.0. The Morgan fingerprint density at radius 1 is 1.63 bits per heavy atom. The molecule has 0 aliphatic carbocycles. The smallest absolute Gasteiger partial charge is 0.241 e. The van der Waals surface area contributed by atoms with E-state index in [1.165, 1.54) is 11.3 Å². The number of likely N-dealkylation sites (tertiary alicyclic amines) is 1. The van der Waals surface area contributed by atoms with Gasteiger partial charge in [-0.2, -0.15) is 5.26 Å². The molecule has 102 valence electrons. The highest BCUT2D eigenvalue weighted by molar-refractivity contribution is 7.88. The lowest BCUT2D eigenvalue weighted by Gasteiger charge is -2.15. The number of amides is 1. The summed E-state index contributed by atoms with van der Waals surface area (Å²) in [5.74, 6) is -0.213. The van der Waals surface area contributed by atoms with Crippen molar-refractivity contribution in [3.8, 4) is 6.07 Å². The maximum Gasteiger partial charge on any atom is 0.241 e. The van der Waals surface area contributed by atoms with Crippen LogP contribution in [0.5, 0.6) is 0 Å². The van der Waals surface area contributed by atoms with Crippen molar-refractivity contribution < 1.29 is 13.2 Å². The minimum Gasteiger partial charge on any atom is -0.337 e. The second kappa shape index (κ2) is 5.28. The van der Waals surface area contributed by atoms with Gasteiger partial charge >= 0.3 is 0 Å². The lowest BCUT2D eigenvalue weighted by molar-refractivity contribution is -0.129. The summed E-state index contributed by atoms with van der Waals surface area (Å²) < 4.78 is 24.6. The number of carbonyl (C=O) groups is 1. The number of nitriles is 1. The first-order valence-electron chi connectivity index (χ1n) is 5.62. The summed E-state index contributed by atoms with van der Waals surface area (Å²) in [6, 6.07) is 3.13. The molecular weight excluding hydrogens is 286 g/mol. The molecule has 1 aromatic rings. The fraction of sp³-hybridized carbons (Fsp3) is 0.455. The van der Waals surface area contributed by atoms with Gasteiger partial charge < -0.3 is 4.90 Å². The van der Waals surface area contributed by atoms with E-state index < -0.39 is 16.1 Å². The predicted octanol–water partition coefficient (Wildman–Crippen LogP) is 0.270. The van der Waals surface area contributed by atoms with Gasteiger partial charge in [0.05, 0.1) is 6.26 Å². The average Bonchev–Trinajstić information content (AvgIpc) is 2.89. The van der Waals surface area contributed by atoms with Crippen molar-refractivity contribution in [2.24, 2.45) is 0 Å². The van der Waals surface area contributed by atoms with Crippen molar-refractivity contribution in [2.45, 2.75) is 19.0 Å². The van der Waals surface area contributed by atoms with Crippen LogP contribution in [0.15, 0.2) is 11.4 Å². The Kier molecular flexibility index (Phi) is 3.89. The molecule has 0 spiro atoms. The SMILES string of the molecule is CS(=O)(=O)N[C@H]1CCN(Cc2csc(C#N)c2)C1=O. The lowest BCUT2D eigenvalue weighted by atomic mass is 10.3. The molecule has 1 fully saturated rings. The zero-order valence-electron chi connectivity index (χ0n) is 10.3. The molecule has 2 rings (SSSR count). The van der Waals surface area contributed by atoms with Gasteiger partial charge in [0.25, 0.3) is 0 Å². The molecule has 1 aliphatic heterocycles. The summed E-state index contributed by atoms with van der Waals surface area (Å²) >= 11 is 1.33. The molecule has 1 amide bonds. The number of hydrogen-bond donors (Lipinski definition) is 1. The van der Waals surface area contributed by atoms with Crippen LogP contribution in [0.1, 0.15) is 16.9 Å². The van der Waals surface area contributed by atoms with E-state index in [0.717, 1.165) is 11.8 Å². The lowest BCUT2D eigenvalue weighted by Crippen LogP contribution is -2.40. The molecule has 0 radical (unpaired) electrons. The second-order valence-corrected chi connectivity index (χ2v) is 7.11. The molecule has 19 heavy (non-hydrogen) atoms. The van der Waals surface area contributed by atoms with Gasteiger partial charge in [0, 0.05) is 13.1 Å². The summed E-state index contributed by atoms with van der Waals surface area (Å²) in [7, 11) is -3.38. The normalized spacial score (nSPS) is 19.7. The van der Waals surface area contributed by atoms with Crippen molar-refractivity contribution in [2.75, 3.05) is 12.8 Å². The van der Waals surface area contributed by atoms with Crippen molar-refractivity contribution >= 4 is 27.3 Å². The monoisotopic (exact) mass is 299 g/mol. The number of hydrogen-bond acceptors (Lipinski definition) is 5. The zero-order valence-corrected chi connectivity index (χ0v) is 11.9. The van der Waals surface area contributed by atoms with Crippen LogP contribution < -0.4 is 4.72 Å². The first-order valence-corrected chi connectivity index (χ1v) is 8.40. The van der Waals surface area contributed by atoms with Gasteiger partial charge in [-0.1, -0.05) is 0 Å². The molecule has 8 heteroatoms. The standard InChI is InChI=1S/C11H13N3O3S2/c1-19(16,17)13-10-2-3-14(11(10)15)6-8-4-9(5-12)18-7-8/h4,7,10,13H,2-3,6H2,1H3/t10-/m0/s1. The largest absolute Gasteiger partial charge is 0.337 e. The topological polar surface area (TPSA) is 90.3 Å². The van der Waals surface area contributed by atoms with E-state index in [9.17, 15) is 13.2 Å². The van der Waals surface area contributed by atoms with Crippen molar-refractivity contribution in [1.82, 2.24) is 9.62 Å². The molecular formula is C11H13N3O3S2. The highest BCUT2D eigenvalue weighted by Crippen LogP contribution is 2.19. The van der Waals surface area contributed by atoms with Crippen molar-refractivity contribution in [3.63, 3.8) is 0 Å². The summed E-state index contributed by atoms with van der Waals surface area (Å²) in [6.07, 6.45) is 1.52. The van der Waals surface area contributed by atoms with Crippen LogP contribution in [0.2, 0.25) is 0 Å². The quantitative estimate of drug-likeness (QED) is 0.864. The Morgan fingerprint density at radius 2 is 2.37 bits per heavy atom. The summed E-state index contributed by atoms with van der Waals surface area (Å²) in [6.45, 7) is 0.933. The van der Waals surface area contributed by atoms with Crippen LogP contribution in [0.4, 0.5) is 0 Å². The third-order valence-corrected chi connectivity index (χ3v) is 4.39. The maximum atomic E-state index is 12.0. The number of thiophene rings is 1. The number of nitrogens with one attached hydrogen (secondary N) is 1. The van der Waals surface area contributed by atoms with Gasteiger partial charge in [-0.15, -0.1) is 11.3 Å². The van der Waals surface area contributed by atoms with Gasteiger partial charge in [0.1, 0.15) is 17.0 Å². The van der Waals surface area contributed by atoms with E-state index in [2.05, 4.69) is 4.72 Å². The van der Waals surface area contributed by atoms with Gasteiger partial charge in [0.15, 0.2) is 0 Å². The van der Waals surface area contributed by atoms with E-state index in [4.69, 9.17) is 5.26 Å². The molecule has 6 nitrogen and oxygen atoms in total. The Labute approximate surface area is 115 Å². The molecule has 0 unspecified atom stereocenters. The third kappa shape index (κ3) is 3.53. The van der Waals surface area contributed by atoms with E-state index in [0.29, 0.717) is 24.4 Å². The number of nitrogens with zero attached hydrogens (tertiary/aromatic N) is 2. The number of rotatable bonds is 4. The first-order chi connectivity index (χ1) is 8.89. The molecule has 0 aromatic carbocycles. The molecule has 1 aliphatic rings. The van der Waals surface area contributed by atoms with Crippen LogP contribution in [0, 0.1) is 11.3 Å². The maximum absolute atomic E-state index is 12.0. The van der Waals surface area contributed by atoms with Gasteiger partial charge in [-0.3, -0.25) is 4.79 Å². The number of carbonyl (C=O) groups excluding carboxylic acids is 1. The third-order valence-electron chi connectivity index (χ3n) is 2.79. The van der Waals surface area contributed by atoms with E-state index in [1.54, 1.807) is 11.0 Å². The Morgan fingerprint density at radius 3 is 2.95 bits per heavy atom. The fourth-order valence-corrected chi connectivity index (χ4v) is 3.43. The Balaban J connectivity index is 2.00. The van der Waals surface area contributed by atoms with Gasteiger partial charge in [0.2, 0.25) is 15.9 Å². The molecule has 0 saturated carbocycles. The van der Waals surface area contributed by atoms with Crippen LogP contribution in [0.3, 0.4) is 0 Å². The summed E-state index contributed by atoms with van der Waals surface area (Å²) in [5, 5.41) is 10.6. The van der Waals surface area contributed by atoms with Crippen LogP contribution in [0.25, 0.3) is 0 Å². The Bertz CT molecular complexity index is 630. The van der Waals surface area contributed by atoms with E-state index in [-0.39, 0.29) is 5.91 Å². The van der Waals surface area contributed by atoms with Gasteiger partial charge in [-0.25, -0.2) is 13.1 Å². The fourth-order valence-electron chi connectivity index (χ4n) is 2.00. The van der Waals surface area contributed by atoms with Crippen LogP contribution >= 0.6 is 11.3 Å². The van der Waals surface area contributed by atoms with E-state index in [1.807, 2.05) is 11.4 Å². The predicted molar refractivity (Wildman–Crippen MR) is 70.8 cm³/mol. The Hall–Kier alpha value is -1.43. The minimum absolute atomic E-state index is 0.213. The zero-order chi connectivity index (χ0) is 14.0. The molecule has 1 aromatic heterocycles. The summed E-state index contributed by atoms with van der Waals surface area (Å²) in [5.41, 5.74) is 0.898. The number of sulfonamides is 1. The van der Waals surface area contributed by atoms with Crippen molar-refractivity contribution in [3.05, 3.63) is 21.9 Å². The highest BCUT2D eigenvalue weighted by Gasteiger charge is 2.33. The van der Waals surface area contributed by atoms with Crippen LogP contribution in [-0.2, 0) is 21.4 Å². The highest BCUT2D eigenvalue weighted by atomic mass is 32.2. The van der Waals surface area contributed by atoms with Crippen LogP contribution in [-0.4, -0.2) is 38.1 Å². The molecule has 1 N–H and O–H groups in total. The molecule has 1 atom stereocenters. The van der Waals surface area contributed by atoms with Gasteiger partial charge in [-0.05, 0) is 23.4 Å². The van der Waals surface area contributed by atoms with Crippen molar-refractivity contribution in [1.29, 1.82) is 5.26 Å². The minimum atomic E-state index is -3.38. The summed E-state index contributed by atoms with van der Waals surface area (Å²) in [4.78, 5) is 14.2. The van der Waals surface area contributed by atoms with E-state index >= 15 is 0 Å². The molecule has 2 heterocycles. The average molecular weight is 299 g/mol. The molecule has 0 bridgehead atoms. The second-order valence-electron chi connectivity index (χ2n) is 4.42. The molecule has 1 saturated heterocycles.